The highest BCUT2D eigenvalue weighted by atomic mass is 32.1. The molecule has 1 unspecified atom stereocenters. The Bertz CT molecular complexity index is 1110. The summed E-state index contributed by atoms with van der Waals surface area (Å²) < 4.78 is 6.07. The molecule has 0 aliphatic rings. The Balaban J connectivity index is 1.78. The average Bonchev–Trinajstić information content (AvgIpc) is 3.57. The second kappa shape index (κ2) is 31.4. The molecular weight excluding hydrogens is 675 g/mol. The highest BCUT2D eigenvalue weighted by Crippen LogP contribution is 2.47. The van der Waals surface area contributed by atoms with E-state index in [-0.39, 0.29) is 5.89 Å². The van der Waals surface area contributed by atoms with Gasteiger partial charge >= 0.3 is 5.97 Å². The normalized spacial score (nSPS) is 12.5. The van der Waals surface area contributed by atoms with Crippen LogP contribution in [0.3, 0.4) is 0 Å². The van der Waals surface area contributed by atoms with Crippen LogP contribution < -0.4 is 0 Å². The van der Waals surface area contributed by atoms with Crippen LogP contribution in [-0.4, -0.2) is 21.2 Å². The van der Waals surface area contributed by atoms with Gasteiger partial charge < -0.3 is 9.52 Å². The van der Waals surface area contributed by atoms with Crippen LogP contribution in [0.25, 0.3) is 11.1 Å². The van der Waals surface area contributed by atoms with Crippen molar-refractivity contribution in [1.82, 2.24) is 4.98 Å². The number of nitrogens with zero attached hydrogens (tertiary/aromatic N) is 1. The minimum atomic E-state index is -1.27. The van der Waals surface area contributed by atoms with Crippen LogP contribution in [0.1, 0.15) is 244 Å². The number of hydrogen-bond acceptors (Lipinski definition) is 4. The van der Waals surface area contributed by atoms with E-state index in [9.17, 15) is 14.7 Å². The van der Waals surface area contributed by atoms with Gasteiger partial charge in [-0.15, -0.1) is 12.6 Å². The maximum atomic E-state index is 13.3. The molecule has 0 aliphatic carbocycles. The molecule has 5 nitrogen and oxygen atoms in total. The molecule has 1 heterocycles. The maximum Gasteiger partial charge on any atom is 0.310 e. The van der Waals surface area contributed by atoms with E-state index in [0.717, 1.165) is 38.5 Å². The number of rotatable bonds is 38. The Kier molecular flexibility index (Phi) is 28.0. The zero-order chi connectivity index (χ0) is 38.2. The number of carbonyl (C=O) groups excluding carboxylic acids is 1. The molecule has 0 radical (unpaired) electrons. The number of thiol groups is 1. The van der Waals surface area contributed by atoms with Gasteiger partial charge in [-0.05, 0) is 25.0 Å². The molecule has 0 saturated heterocycles. The maximum absolute atomic E-state index is 13.3. The minimum absolute atomic E-state index is 0.196. The van der Waals surface area contributed by atoms with Crippen molar-refractivity contribution in [3.05, 3.63) is 30.2 Å². The van der Waals surface area contributed by atoms with Crippen LogP contribution in [0.4, 0.5) is 0 Å². The fourth-order valence-corrected chi connectivity index (χ4v) is 8.68. The van der Waals surface area contributed by atoms with E-state index in [1.54, 1.807) is 0 Å². The van der Waals surface area contributed by atoms with Gasteiger partial charge in [0, 0.05) is 0 Å². The molecule has 0 fully saturated rings. The summed E-state index contributed by atoms with van der Waals surface area (Å²) in [6.07, 6.45) is 41.6. The van der Waals surface area contributed by atoms with Crippen molar-refractivity contribution in [3.8, 4) is 0 Å². The van der Waals surface area contributed by atoms with Crippen molar-refractivity contribution in [2.45, 2.75) is 238 Å². The predicted octanol–water partition coefficient (Wildman–Crippen LogP) is 15.7. The Morgan fingerprint density at radius 2 is 0.887 bits per heavy atom. The number of carboxylic acid groups (broad SMARTS) is 1. The van der Waals surface area contributed by atoms with Crippen molar-refractivity contribution in [1.29, 1.82) is 0 Å². The van der Waals surface area contributed by atoms with Gasteiger partial charge in [0.15, 0.2) is 10.7 Å². The molecular formula is C47H81NO4S. The van der Waals surface area contributed by atoms with Crippen LogP contribution in [0.5, 0.6) is 0 Å². The van der Waals surface area contributed by atoms with Gasteiger partial charge in [0.05, 0.1) is 5.41 Å². The molecule has 1 aromatic carbocycles. The van der Waals surface area contributed by atoms with E-state index in [1.807, 2.05) is 24.3 Å². The first-order valence-electron chi connectivity index (χ1n) is 22.8. The van der Waals surface area contributed by atoms with E-state index in [0.29, 0.717) is 23.9 Å². The van der Waals surface area contributed by atoms with Crippen LogP contribution >= 0.6 is 12.6 Å². The molecule has 0 bridgehead atoms. The molecule has 6 heteroatoms. The van der Waals surface area contributed by atoms with Gasteiger partial charge in [0.25, 0.3) is 0 Å². The van der Waals surface area contributed by atoms with E-state index < -0.39 is 22.4 Å². The highest BCUT2D eigenvalue weighted by Gasteiger charge is 2.50. The zero-order valence-electron chi connectivity index (χ0n) is 34.5. The quantitative estimate of drug-likeness (QED) is 0.0527. The third-order valence-corrected chi connectivity index (χ3v) is 12.0. The first-order chi connectivity index (χ1) is 26.0. The average molecular weight is 756 g/mol. The molecule has 53 heavy (non-hydrogen) atoms. The Hall–Kier alpha value is -1.82. The lowest BCUT2D eigenvalue weighted by molar-refractivity contribution is -0.154. The molecule has 304 valence electrons. The van der Waals surface area contributed by atoms with Crippen molar-refractivity contribution in [3.63, 3.8) is 0 Å². The second-order valence-corrected chi connectivity index (χ2v) is 16.8. The summed E-state index contributed by atoms with van der Waals surface area (Å²) in [5.74, 6) is -1.74. The minimum Gasteiger partial charge on any atom is -0.481 e. The number of hydrogen-bond donors (Lipinski definition) is 2. The SMILES string of the molecule is CCCCCCCCCCCCCCCCCCC(CCCCCCCCCCCCCCCCCC)(C(=O)O)C(C(=O)S)c1nc2ccccc2o1. The highest BCUT2D eigenvalue weighted by molar-refractivity contribution is 7.96. The standard InChI is InChI=1S/C47H81NO4S/c1-3-5-7-9-11-13-15-17-19-21-23-25-27-29-31-35-39-47(46(50)51,43(45(49)53)44-48-41-37-33-34-38-42(41)52-44)40-36-32-30-28-26-24-22-20-18-16-14-12-10-8-6-4-2/h33-34,37-38,43H,3-32,35-36,39-40H2,1-2H3,(H,49,53)(H,50,51). The van der Waals surface area contributed by atoms with Crippen LogP contribution in [-0.2, 0) is 9.59 Å². The number of para-hydroxylation sites is 2. The third-order valence-electron chi connectivity index (χ3n) is 11.7. The second-order valence-electron chi connectivity index (χ2n) is 16.4. The molecule has 1 atom stereocenters. The van der Waals surface area contributed by atoms with Crippen molar-refractivity contribution >= 4 is 34.8 Å². The lowest BCUT2D eigenvalue weighted by Crippen LogP contribution is -2.40. The molecule has 1 N–H and O–H groups in total. The number of aromatic nitrogens is 1. The van der Waals surface area contributed by atoms with Gasteiger partial charge in [-0.25, -0.2) is 4.98 Å². The van der Waals surface area contributed by atoms with E-state index in [1.165, 1.54) is 167 Å². The van der Waals surface area contributed by atoms with E-state index >= 15 is 0 Å². The Labute approximate surface area is 331 Å². The molecule has 0 spiro atoms. The van der Waals surface area contributed by atoms with Crippen LogP contribution in [0.15, 0.2) is 28.7 Å². The first-order valence-corrected chi connectivity index (χ1v) is 23.2. The van der Waals surface area contributed by atoms with E-state index in [2.05, 4.69) is 31.5 Å². The summed E-state index contributed by atoms with van der Waals surface area (Å²) in [6.45, 7) is 4.55. The first kappa shape index (κ1) is 47.3. The lowest BCUT2D eigenvalue weighted by Gasteiger charge is -2.34. The van der Waals surface area contributed by atoms with Gasteiger partial charge in [-0.2, -0.15) is 0 Å². The van der Waals surface area contributed by atoms with Crippen molar-refractivity contribution in [2.75, 3.05) is 0 Å². The Morgan fingerprint density at radius 1 is 0.566 bits per heavy atom. The number of aliphatic carboxylic acids is 1. The smallest absolute Gasteiger partial charge is 0.310 e. The molecule has 1 aromatic heterocycles. The fourth-order valence-electron chi connectivity index (χ4n) is 8.32. The number of carbonyl (C=O) groups is 2. The lowest BCUT2D eigenvalue weighted by atomic mass is 9.68. The summed E-state index contributed by atoms with van der Waals surface area (Å²) in [5, 5.41) is 10.4. The van der Waals surface area contributed by atoms with Crippen LogP contribution in [0, 0.1) is 5.41 Å². The molecule has 2 aromatic rings. The van der Waals surface area contributed by atoms with Gasteiger partial charge in [0.1, 0.15) is 11.4 Å². The van der Waals surface area contributed by atoms with Crippen molar-refractivity contribution in [2.24, 2.45) is 5.41 Å². The largest absolute Gasteiger partial charge is 0.481 e. The number of carboxylic acids is 1. The zero-order valence-corrected chi connectivity index (χ0v) is 35.4. The molecule has 0 aliphatic heterocycles. The van der Waals surface area contributed by atoms with Gasteiger partial charge in [-0.1, -0.05) is 231 Å². The molecule has 2 rings (SSSR count). The van der Waals surface area contributed by atoms with Gasteiger partial charge in [-0.3, -0.25) is 9.59 Å². The third kappa shape index (κ3) is 20.6. The number of unbranched alkanes of at least 4 members (excludes halogenated alkanes) is 30. The summed E-state index contributed by atoms with van der Waals surface area (Å²) in [4.78, 5) is 31.1. The predicted molar refractivity (Wildman–Crippen MR) is 229 cm³/mol. The summed E-state index contributed by atoms with van der Waals surface area (Å²) in [6, 6.07) is 7.41. The van der Waals surface area contributed by atoms with Crippen molar-refractivity contribution < 1.29 is 19.1 Å². The Morgan fingerprint density at radius 3 is 1.19 bits per heavy atom. The molecule has 0 saturated carbocycles. The summed E-state index contributed by atoms with van der Waals surface area (Å²) in [7, 11) is 0. The van der Waals surface area contributed by atoms with Crippen LogP contribution in [0.2, 0.25) is 0 Å². The monoisotopic (exact) mass is 756 g/mol. The number of oxazole rings is 1. The summed E-state index contributed by atoms with van der Waals surface area (Å²) in [5.41, 5.74) is -0.0523. The topological polar surface area (TPSA) is 80.4 Å². The summed E-state index contributed by atoms with van der Waals surface area (Å²) >= 11 is 4.28. The number of fused-ring (bicyclic) bond motifs is 1. The fraction of sp³-hybridized carbons (Fsp3) is 0.809. The molecule has 0 amide bonds. The van der Waals surface area contributed by atoms with E-state index in [4.69, 9.17) is 4.42 Å². The van der Waals surface area contributed by atoms with Gasteiger partial charge in [0.2, 0.25) is 5.89 Å². The number of benzene rings is 1.